The molecule has 14 heavy (non-hydrogen) atoms. The van der Waals surface area contributed by atoms with Gasteiger partial charge in [0.25, 0.3) is 0 Å². The van der Waals surface area contributed by atoms with E-state index in [0.717, 1.165) is 6.61 Å². The molecule has 2 aliphatic carbocycles. The van der Waals surface area contributed by atoms with Crippen molar-refractivity contribution in [3.63, 3.8) is 0 Å². The van der Waals surface area contributed by atoms with Crippen molar-refractivity contribution < 1.29 is 4.74 Å². The number of hydrogen-bond acceptors (Lipinski definition) is 1. The first-order valence-corrected chi connectivity index (χ1v) is 5.23. The molecule has 0 fully saturated rings. The van der Waals surface area contributed by atoms with Crippen molar-refractivity contribution in [2.45, 2.75) is 13.0 Å². The molecule has 0 radical (unpaired) electrons. The molecule has 0 aromatic heterocycles. The maximum absolute atomic E-state index is 5.80. The van der Waals surface area contributed by atoms with Gasteiger partial charge in [-0.1, -0.05) is 48.6 Å². The molecule has 0 saturated heterocycles. The van der Waals surface area contributed by atoms with E-state index in [9.17, 15) is 0 Å². The van der Waals surface area contributed by atoms with E-state index in [-0.39, 0.29) is 6.10 Å². The summed E-state index contributed by atoms with van der Waals surface area (Å²) in [6.45, 7) is 2.83. The summed E-state index contributed by atoms with van der Waals surface area (Å²) in [7, 11) is 0. The molecule has 1 nitrogen and oxygen atoms in total. The summed E-state index contributed by atoms with van der Waals surface area (Å²) < 4.78 is 5.80. The molecule has 74 valence electrons. The fourth-order valence-electron chi connectivity index (χ4n) is 2.01. The molecule has 0 unspecified atom stereocenters. The quantitative estimate of drug-likeness (QED) is 0.659. The highest BCUT2D eigenvalue weighted by atomic mass is 16.5. The second-order valence-electron chi connectivity index (χ2n) is 3.61. The summed E-state index contributed by atoms with van der Waals surface area (Å²) in [4.78, 5) is 0. The van der Waals surface area contributed by atoms with E-state index >= 15 is 0 Å². The Morgan fingerprint density at radius 2 is 1.36 bits per heavy atom. The Labute approximate surface area is 85.5 Å². The monoisotopic (exact) mass is 188 g/mol. The van der Waals surface area contributed by atoms with Crippen molar-refractivity contribution in [1.29, 1.82) is 0 Å². The van der Waals surface area contributed by atoms with Gasteiger partial charge in [-0.2, -0.15) is 0 Å². The van der Waals surface area contributed by atoms with Gasteiger partial charge in [0.1, 0.15) is 0 Å². The highest BCUT2D eigenvalue weighted by Crippen LogP contribution is 2.27. The minimum Gasteiger partial charge on any atom is -0.377 e. The van der Waals surface area contributed by atoms with Crippen LogP contribution in [0, 0.1) is 11.8 Å². The SMILES string of the molecule is CCOC(C1C=CC=C1)C1C=CC=C1. The summed E-state index contributed by atoms with van der Waals surface area (Å²) >= 11 is 0. The number of rotatable bonds is 4. The van der Waals surface area contributed by atoms with Crippen LogP contribution in [-0.4, -0.2) is 12.7 Å². The molecule has 0 amide bonds. The third-order valence-electron chi connectivity index (χ3n) is 2.67. The zero-order chi connectivity index (χ0) is 9.80. The fourth-order valence-corrected chi connectivity index (χ4v) is 2.01. The van der Waals surface area contributed by atoms with E-state index in [1.165, 1.54) is 0 Å². The summed E-state index contributed by atoms with van der Waals surface area (Å²) in [5.74, 6) is 0.875. The molecule has 1 heteroatoms. The van der Waals surface area contributed by atoms with Crippen molar-refractivity contribution in [2.24, 2.45) is 11.8 Å². The van der Waals surface area contributed by atoms with Crippen LogP contribution < -0.4 is 0 Å². The first-order valence-electron chi connectivity index (χ1n) is 5.23. The minimum absolute atomic E-state index is 0.269. The van der Waals surface area contributed by atoms with E-state index in [1.807, 2.05) is 0 Å². The first-order chi connectivity index (χ1) is 6.92. The Hall–Kier alpha value is -1.08. The van der Waals surface area contributed by atoms with Gasteiger partial charge in [0.15, 0.2) is 0 Å². The maximum atomic E-state index is 5.80. The van der Waals surface area contributed by atoms with E-state index in [2.05, 4.69) is 55.5 Å². The minimum atomic E-state index is 0.269. The summed E-state index contributed by atoms with van der Waals surface area (Å²) in [6.07, 6.45) is 17.5. The second-order valence-corrected chi connectivity index (χ2v) is 3.61. The number of hydrogen-bond donors (Lipinski definition) is 0. The van der Waals surface area contributed by atoms with Crippen molar-refractivity contribution in [2.75, 3.05) is 6.61 Å². The van der Waals surface area contributed by atoms with Crippen molar-refractivity contribution in [3.05, 3.63) is 48.6 Å². The predicted octanol–water partition coefficient (Wildman–Crippen LogP) is 2.88. The summed E-state index contributed by atoms with van der Waals surface area (Å²) in [5, 5.41) is 0. The zero-order valence-electron chi connectivity index (χ0n) is 8.47. The molecular weight excluding hydrogens is 172 g/mol. The van der Waals surface area contributed by atoms with Crippen LogP contribution in [0.15, 0.2) is 48.6 Å². The van der Waals surface area contributed by atoms with Gasteiger partial charge >= 0.3 is 0 Å². The molecule has 0 aromatic rings. The highest BCUT2D eigenvalue weighted by Gasteiger charge is 2.25. The van der Waals surface area contributed by atoms with E-state index in [1.54, 1.807) is 0 Å². The van der Waals surface area contributed by atoms with Crippen LogP contribution in [0.5, 0.6) is 0 Å². The normalized spacial score (nSPS) is 20.7. The lowest BCUT2D eigenvalue weighted by Crippen LogP contribution is -2.27. The van der Waals surface area contributed by atoms with Gasteiger partial charge in [0.05, 0.1) is 6.10 Å². The Morgan fingerprint density at radius 1 is 0.929 bits per heavy atom. The van der Waals surface area contributed by atoms with Crippen LogP contribution >= 0.6 is 0 Å². The average molecular weight is 188 g/mol. The molecule has 0 aromatic carbocycles. The standard InChI is InChI=1S/C13H16O/c1-2-14-13(11-7-3-4-8-11)12-9-5-6-10-12/h3-13H,2H2,1H3. The molecule has 2 aliphatic rings. The number of allylic oxidation sites excluding steroid dienone is 4. The molecule has 2 rings (SSSR count). The largest absolute Gasteiger partial charge is 0.377 e. The molecule has 0 bridgehead atoms. The van der Waals surface area contributed by atoms with Gasteiger partial charge < -0.3 is 4.74 Å². The second kappa shape index (κ2) is 4.43. The fraction of sp³-hybridized carbons (Fsp3) is 0.385. The maximum Gasteiger partial charge on any atom is 0.0769 e. The molecule has 0 aliphatic heterocycles. The van der Waals surface area contributed by atoms with E-state index in [4.69, 9.17) is 4.74 Å². The zero-order valence-corrected chi connectivity index (χ0v) is 8.47. The van der Waals surface area contributed by atoms with Gasteiger partial charge in [-0.25, -0.2) is 0 Å². The van der Waals surface area contributed by atoms with Crippen molar-refractivity contribution in [1.82, 2.24) is 0 Å². The van der Waals surface area contributed by atoms with Crippen LogP contribution in [0.2, 0.25) is 0 Å². The van der Waals surface area contributed by atoms with E-state index < -0.39 is 0 Å². The topological polar surface area (TPSA) is 9.23 Å². The van der Waals surface area contributed by atoms with Crippen LogP contribution in [0.25, 0.3) is 0 Å². The van der Waals surface area contributed by atoms with Crippen molar-refractivity contribution >= 4 is 0 Å². The average Bonchev–Trinajstić information content (AvgIpc) is 2.87. The molecule has 0 saturated carbocycles. The molecule has 0 heterocycles. The lowest BCUT2D eigenvalue weighted by Gasteiger charge is -2.24. The van der Waals surface area contributed by atoms with E-state index in [0.29, 0.717) is 11.8 Å². The van der Waals surface area contributed by atoms with Crippen molar-refractivity contribution in [3.8, 4) is 0 Å². The van der Waals surface area contributed by atoms with Gasteiger partial charge in [0, 0.05) is 18.4 Å². The van der Waals surface area contributed by atoms with Gasteiger partial charge in [-0.15, -0.1) is 0 Å². The summed E-state index contributed by atoms with van der Waals surface area (Å²) in [6, 6.07) is 0. The smallest absolute Gasteiger partial charge is 0.0769 e. The predicted molar refractivity (Wildman–Crippen MR) is 59.0 cm³/mol. The van der Waals surface area contributed by atoms with Gasteiger partial charge in [0.2, 0.25) is 0 Å². The Bertz CT molecular complexity index is 244. The molecule has 0 N–H and O–H groups in total. The Balaban J connectivity index is 2.06. The summed E-state index contributed by atoms with van der Waals surface area (Å²) in [5.41, 5.74) is 0. The molecule has 0 spiro atoms. The van der Waals surface area contributed by atoms with Crippen LogP contribution in [-0.2, 0) is 4.74 Å². The molecule has 0 atom stereocenters. The van der Waals surface area contributed by atoms with Gasteiger partial charge in [-0.3, -0.25) is 0 Å². The Morgan fingerprint density at radius 3 is 1.71 bits per heavy atom. The lowest BCUT2D eigenvalue weighted by molar-refractivity contribution is 0.0294. The van der Waals surface area contributed by atoms with Crippen LogP contribution in [0.3, 0.4) is 0 Å². The third kappa shape index (κ3) is 1.88. The van der Waals surface area contributed by atoms with Crippen LogP contribution in [0.1, 0.15) is 6.92 Å². The third-order valence-corrected chi connectivity index (χ3v) is 2.67. The van der Waals surface area contributed by atoms with Crippen LogP contribution in [0.4, 0.5) is 0 Å². The highest BCUT2D eigenvalue weighted by molar-refractivity contribution is 5.25. The lowest BCUT2D eigenvalue weighted by atomic mass is 9.92. The first kappa shape index (κ1) is 9.47. The number of ether oxygens (including phenoxy) is 1. The Kier molecular flexibility index (Phi) is 3.00. The van der Waals surface area contributed by atoms with Gasteiger partial charge in [-0.05, 0) is 6.92 Å². The molecular formula is C13H16O.